The van der Waals surface area contributed by atoms with E-state index < -0.39 is 0 Å². The Balaban J connectivity index is 2.33. The van der Waals surface area contributed by atoms with Gasteiger partial charge in [0.1, 0.15) is 6.61 Å². The second kappa shape index (κ2) is 9.16. The number of rotatable bonds is 8. The average Bonchev–Trinajstić information content (AvgIpc) is 2.44. The third-order valence-electron chi connectivity index (χ3n) is 2.73. The fraction of sp³-hybridized carbons (Fsp3) is 0.400. The van der Waals surface area contributed by atoms with Gasteiger partial charge in [-0.1, -0.05) is 36.4 Å². The van der Waals surface area contributed by atoms with E-state index in [1.54, 1.807) is 6.08 Å². The first-order chi connectivity index (χ1) is 9.26. The van der Waals surface area contributed by atoms with E-state index in [2.05, 4.69) is 17.2 Å². The van der Waals surface area contributed by atoms with Crippen LogP contribution in [0.25, 0.3) is 0 Å². The van der Waals surface area contributed by atoms with Crippen molar-refractivity contribution >= 4 is 6.09 Å². The van der Waals surface area contributed by atoms with Gasteiger partial charge >= 0.3 is 6.09 Å². The summed E-state index contributed by atoms with van der Waals surface area (Å²) in [6.45, 7) is 4.83. The van der Waals surface area contributed by atoms with Gasteiger partial charge in [0, 0.05) is 6.04 Å². The molecule has 0 aliphatic carbocycles. The number of hydrogen-bond acceptors (Lipinski definition) is 3. The summed E-state index contributed by atoms with van der Waals surface area (Å²) in [7, 11) is 1.89. The number of hydrogen-bond donors (Lipinski definition) is 2. The van der Waals surface area contributed by atoms with Crippen LogP contribution in [-0.4, -0.2) is 25.7 Å². The van der Waals surface area contributed by atoms with Crippen molar-refractivity contribution in [3.8, 4) is 0 Å². The molecule has 0 spiro atoms. The van der Waals surface area contributed by atoms with Crippen molar-refractivity contribution in [1.29, 1.82) is 0 Å². The van der Waals surface area contributed by atoms with Crippen molar-refractivity contribution in [3.05, 3.63) is 48.6 Å². The Morgan fingerprint density at radius 3 is 2.79 bits per heavy atom. The van der Waals surface area contributed by atoms with E-state index in [9.17, 15) is 4.79 Å². The van der Waals surface area contributed by atoms with Gasteiger partial charge in [-0.3, -0.25) is 0 Å². The molecule has 0 saturated carbocycles. The minimum Gasteiger partial charge on any atom is -0.445 e. The van der Waals surface area contributed by atoms with Crippen LogP contribution in [0.15, 0.2) is 43.0 Å². The summed E-state index contributed by atoms with van der Waals surface area (Å²) in [5.74, 6) is 0. The molecule has 0 bridgehead atoms. The van der Waals surface area contributed by atoms with Crippen molar-refractivity contribution in [2.75, 3.05) is 13.6 Å². The quantitative estimate of drug-likeness (QED) is 0.708. The molecule has 0 aliphatic heterocycles. The summed E-state index contributed by atoms with van der Waals surface area (Å²) < 4.78 is 5.18. The minimum absolute atomic E-state index is 0.0632. The van der Waals surface area contributed by atoms with E-state index in [-0.39, 0.29) is 12.1 Å². The maximum atomic E-state index is 11.7. The fourth-order valence-corrected chi connectivity index (χ4v) is 1.70. The first-order valence-corrected chi connectivity index (χ1v) is 6.49. The number of carbonyl (C=O) groups excluding carboxylic acids is 1. The van der Waals surface area contributed by atoms with Crippen LogP contribution in [-0.2, 0) is 11.3 Å². The number of benzene rings is 1. The Bertz CT molecular complexity index is 379. The van der Waals surface area contributed by atoms with Crippen LogP contribution in [0.5, 0.6) is 0 Å². The Morgan fingerprint density at radius 2 is 2.16 bits per heavy atom. The van der Waals surface area contributed by atoms with Crippen molar-refractivity contribution in [3.63, 3.8) is 0 Å². The van der Waals surface area contributed by atoms with Crippen LogP contribution in [0.1, 0.15) is 18.4 Å². The van der Waals surface area contributed by atoms with Crippen LogP contribution < -0.4 is 10.6 Å². The summed E-state index contributed by atoms with van der Waals surface area (Å²) in [5, 5.41) is 5.91. The molecule has 1 unspecified atom stereocenters. The standard InChI is InChI=1S/C15H22N2O2/c1-3-7-14(10-11-16-2)17-15(18)19-12-13-8-5-4-6-9-13/h3-6,8-9,14,16H,1,7,10-12H2,2H3,(H,17,18). The number of ether oxygens (including phenoxy) is 1. The number of carbonyl (C=O) groups is 1. The largest absolute Gasteiger partial charge is 0.445 e. The predicted octanol–water partition coefficient (Wildman–Crippen LogP) is 2.47. The number of nitrogens with one attached hydrogen (secondary N) is 2. The van der Waals surface area contributed by atoms with E-state index in [1.165, 1.54) is 0 Å². The summed E-state index contributed by atoms with van der Waals surface area (Å²) in [6.07, 6.45) is 3.01. The molecular formula is C15H22N2O2. The molecule has 104 valence electrons. The van der Waals surface area contributed by atoms with Crippen molar-refractivity contribution in [2.45, 2.75) is 25.5 Å². The molecule has 4 nitrogen and oxygen atoms in total. The van der Waals surface area contributed by atoms with Crippen LogP contribution in [0.2, 0.25) is 0 Å². The first-order valence-electron chi connectivity index (χ1n) is 6.49. The van der Waals surface area contributed by atoms with Gasteiger partial charge in [-0.2, -0.15) is 0 Å². The van der Waals surface area contributed by atoms with E-state index >= 15 is 0 Å². The zero-order chi connectivity index (χ0) is 13.9. The molecule has 0 saturated heterocycles. The molecular weight excluding hydrogens is 240 g/mol. The Morgan fingerprint density at radius 1 is 1.42 bits per heavy atom. The van der Waals surface area contributed by atoms with Crippen LogP contribution in [0, 0.1) is 0 Å². The predicted molar refractivity (Wildman–Crippen MR) is 76.9 cm³/mol. The van der Waals surface area contributed by atoms with Gasteiger partial charge in [-0.15, -0.1) is 6.58 Å². The van der Waals surface area contributed by atoms with E-state index in [4.69, 9.17) is 4.74 Å². The van der Waals surface area contributed by atoms with Crippen molar-refractivity contribution in [2.24, 2.45) is 0 Å². The third kappa shape index (κ3) is 6.62. The maximum Gasteiger partial charge on any atom is 0.407 e. The molecule has 2 N–H and O–H groups in total. The van der Waals surface area contributed by atoms with Gasteiger partial charge in [-0.25, -0.2) is 4.79 Å². The molecule has 4 heteroatoms. The maximum absolute atomic E-state index is 11.7. The second-order valence-corrected chi connectivity index (χ2v) is 4.32. The highest BCUT2D eigenvalue weighted by Crippen LogP contribution is 2.02. The van der Waals surface area contributed by atoms with Crippen molar-refractivity contribution < 1.29 is 9.53 Å². The molecule has 1 amide bonds. The highest BCUT2D eigenvalue weighted by Gasteiger charge is 2.11. The molecule has 0 aromatic heterocycles. The highest BCUT2D eigenvalue weighted by atomic mass is 16.5. The first kappa shape index (κ1) is 15.2. The molecule has 19 heavy (non-hydrogen) atoms. The van der Waals surface area contributed by atoms with Gasteiger partial charge in [0.05, 0.1) is 0 Å². The molecule has 0 fully saturated rings. The summed E-state index contributed by atoms with van der Waals surface area (Å²) >= 11 is 0. The smallest absolute Gasteiger partial charge is 0.407 e. The van der Waals surface area contributed by atoms with E-state index in [0.717, 1.165) is 24.9 Å². The third-order valence-corrected chi connectivity index (χ3v) is 2.73. The highest BCUT2D eigenvalue weighted by molar-refractivity contribution is 5.67. The average molecular weight is 262 g/mol. The fourth-order valence-electron chi connectivity index (χ4n) is 1.70. The molecule has 1 aromatic rings. The minimum atomic E-state index is -0.383. The number of amides is 1. The normalized spacial score (nSPS) is 11.6. The topological polar surface area (TPSA) is 50.4 Å². The van der Waals surface area contributed by atoms with Gasteiger partial charge < -0.3 is 15.4 Å². The SMILES string of the molecule is C=CCC(CCNC)NC(=O)OCc1ccccc1. The summed E-state index contributed by atoms with van der Waals surface area (Å²) in [6, 6.07) is 9.69. The summed E-state index contributed by atoms with van der Waals surface area (Å²) in [4.78, 5) is 11.7. The van der Waals surface area contributed by atoms with Crippen molar-refractivity contribution in [1.82, 2.24) is 10.6 Å². The van der Waals surface area contributed by atoms with Gasteiger partial charge in [-0.05, 0) is 32.0 Å². The van der Waals surface area contributed by atoms with Gasteiger partial charge in [0.15, 0.2) is 0 Å². The van der Waals surface area contributed by atoms with Crippen LogP contribution >= 0.6 is 0 Å². The zero-order valence-electron chi connectivity index (χ0n) is 11.4. The lowest BCUT2D eigenvalue weighted by atomic mass is 10.1. The lowest BCUT2D eigenvalue weighted by Crippen LogP contribution is -2.36. The van der Waals surface area contributed by atoms with Crippen LogP contribution in [0.4, 0.5) is 4.79 Å². The molecule has 1 aromatic carbocycles. The Labute approximate surface area is 114 Å². The Kier molecular flexibility index (Phi) is 7.35. The zero-order valence-corrected chi connectivity index (χ0v) is 11.4. The van der Waals surface area contributed by atoms with E-state index in [0.29, 0.717) is 6.61 Å². The molecule has 0 heterocycles. The molecule has 1 atom stereocenters. The lowest BCUT2D eigenvalue weighted by Gasteiger charge is -2.16. The molecule has 1 rings (SSSR count). The van der Waals surface area contributed by atoms with Gasteiger partial charge in [0.25, 0.3) is 0 Å². The monoisotopic (exact) mass is 262 g/mol. The Hall–Kier alpha value is -1.81. The lowest BCUT2D eigenvalue weighted by molar-refractivity contribution is 0.135. The van der Waals surface area contributed by atoms with Gasteiger partial charge in [0.2, 0.25) is 0 Å². The second-order valence-electron chi connectivity index (χ2n) is 4.32. The summed E-state index contributed by atoms with van der Waals surface area (Å²) in [5.41, 5.74) is 0.980. The van der Waals surface area contributed by atoms with E-state index in [1.807, 2.05) is 37.4 Å². The molecule has 0 radical (unpaired) electrons. The van der Waals surface area contributed by atoms with Crippen LogP contribution in [0.3, 0.4) is 0 Å². The molecule has 0 aliphatic rings. The number of alkyl carbamates (subject to hydrolysis) is 1.